The van der Waals surface area contributed by atoms with E-state index in [1.54, 1.807) is 6.07 Å². The van der Waals surface area contributed by atoms with Crippen molar-refractivity contribution < 1.29 is 4.39 Å². The van der Waals surface area contributed by atoms with Crippen LogP contribution in [-0.2, 0) is 26.4 Å². The highest BCUT2D eigenvalue weighted by Gasteiger charge is 2.22. The molecule has 0 amide bonds. The normalized spacial score (nSPS) is 13.9. The van der Waals surface area contributed by atoms with Gasteiger partial charge in [-0.1, -0.05) is 13.0 Å². The molecule has 20 heavy (non-hydrogen) atoms. The van der Waals surface area contributed by atoms with Gasteiger partial charge in [0.05, 0.1) is 22.4 Å². The molecule has 1 aromatic heterocycles. The molecule has 3 rings (SSSR count). The van der Waals surface area contributed by atoms with Gasteiger partial charge in [0.15, 0.2) is 0 Å². The predicted molar refractivity (Wildman–Crippen MR) is 81.4 cm³/mol. The Hall–Kier alpha value is -1.36. The van der Waals surface area contributed by atoms with Crippen molar-refractivity contribution in [2.45, 2.75) is 26.3 Å². The summed E-state index contributed by atoms with van der Waals surface area (Å²) < 4.78 is 16.4. The molecule has 1 aliphatic heterocycles. The fourth-order valence-electron chi connectivity index (χ4n) is 2.76. The molecule has 5 heteroatoms. The zero-order valence-corrected chi connectivity index (χ0v) is 13.2. The van der Waals surface area contributed by atoms with Gasteiger partial charge in [-0.05, 0) is 46.5 Å². The van der Waals surface area contributed by atoms with Gasteiger partial charge in [0.1, 0.15) is 5.82 Å². The maximum Gasteiger partial charge on any atom is 0.125 e. The Kier molecular flexibility index (Phi) is 3.54. The molecule has 0 aliphatic carbocycles. The number of hydrogen-bond donors (Lipinski definition) is 0. The SMILES string of the molecule is CCc1nn(C)c(CN2CCc3ccc(F)cc32)c1Br. The Morgan fingerprint density at radius 2 is 2.20 bits per heavy atom. The lowest BCUT2D eigenvalue weighted by Gasteiger charge is -2.19. The summed E-state index contributed by atoms with van der Waals surface area (Å²) in [4.78, 5) is 2.22. The van der Waals surface area contributed by atoms with E-state index in [4.69, 9.17) is 0 Å². The average molecular weight is 338 g/mol. The second-order valence-corrected chi connectivity index (χ2v) is 5.92. The Balaban J connectivity index is 1.91. The van der Waals surface area contributed by atoms with E-state index in [9.17, 15) is 4.39 Å². The third-order valence-electron chi connectivity index (χ3n) is 3.88. The van der Waals surface area contributed by atoms with Gasteiger partial charge in [-0.15, -0.1) is 0 Å². The molecule has 0 bridgehead atoms. The molecule has 3 nitrogen and oxygen atoms in total. The molecular weight excluding hydrogens is 321 g/mol. The van der Waals surface area contributed by atoms with Crippen molar-refractivity contribution in [2.75, 3.05) is 11.4 Å². The van der Waals surface area contributed by atoms with Crippen molar-refractivity contribution in [1.82, 2.24) is 9.78 Å². The molecule has 0 saturated carbocycles. The average Bonchev–Trinajstić information content (AvgIpc) is 2.94. The van der Waals surface area contributed by atoms with Crippen molar-refractivity contribution in [3.63, 3.8) is 0 Å². The minimum absolute atomic E-state index is 0.172. The summed E-state index contributed by atoms with van der Waals surface area (Å²) in [5, 5.41) is 4.51. The van der Waals surface area contributed by atoms with Crippen LogP contribution < -0.4 is 4.90 Å². The molecule has 0 fully saturated rings. The highest BCUT2D eigenvalue weighted by molar-refractivity contribution is 9.10. The number of nitrogens with zero attached hydrogens (tertiary/aromatic N) is 3. The predicted octanol–water partition coefficient (Wildman–Crippen LogP) is 3.45. The van der Waals surface area contributed by atoms with Crippen LogP contribution >= 0.6 is 15.9 Å². The molecule has 0 saturated heterocycles. The molecule has 1 aliphatic rings. The summed E-state index contributed by atoms with van der Waals surface area (Å²) in [7, 11) is 1.96. The Bertz CT molecular complexity index is 651. The van der Waals surface area contributed by atoms with Gasteiger partial charge in [-0.3, -0.25) is 4.68 Å². The number of hydrogen-bond acceptors (Lipinski definition) is 2. The second kappa shape index (κ2) is 5.20. The van der Waals surface area contributed by atoms with E-state index >= 15 is 0 Å². The molecule has 2 heterocycles. The van der Waals surface area contributed by atoms with Crippen molar-refractivity contribution >= 4 is 21.6 Å². The molecule has 0 spiro atoms. The van der Waals surface area contributed by atoms with Gasteiger partial charge in [0, 0.05) is 19.3 Å². The van der Waals surface area contributed by atoms with Crippen LogP contribution in [0.3, 0.4) is 0 Å². The van der Waals surface area contributed by atoms with E-state index in [1.165, 1.54) is 11.6 Å². The van der Waals surface area contributed by atoms with Crippen molar-refractivity contribution in [3.8, 4) is 0 Å². The van der Waals surface area contributed by atoms with Crippen LogP contribution in [0.2, 0.25) is 0 Å². The highest BCUT2D eigenvalue weighted by atomic mass is 79.9. The number of aromatic nitrogens is 2. The summed E-state index contributed by atoms with van der Waals surface area (Å²) in [5.41, 5.74) is 4.44. The third-order valence-corrected chi connectivity index (χ3v) is 4.80. The third kappa shape index (κ3) is 2.24. The van der Waals surface area contributed by atoms with Crippen LogP contribution in [-0.4, -0.2) is 16.3 Å². The van der Waals surface area contributed by atoms with Gasteiger partial charge >= 0.3 is 0 Å². The van der Waals surface area contributed by atoms with Crippen LogP contribution in [0, 0.1) is 5.82 Å². The number of aryl methyl sites for hydroxylation is 2. The Morgan fingerprint density at radius 1 is 1.40 bits per heavy atom. The minimum Gasteiger partial charge on any atom is -0.365 e. The van der Waals surface area contributed by atoms with Crippen molar-refractivity contribution in [2.24, 2.45) is 7.05 Å². The molecule has 0 atom stereocenters. The largest absolute Gasteiger partial charge is 0.365 e. The van der Waals surface area contributed by atoms with E-state index in [0.29, 0.717) is 0 Å². The zero-order chi connectivity index (χ0) is 14.3. The number of benzene rings is 1. The molecule has 2 aromatic rings. The topological polar surface area (TPSA) is 21.1 Å². The monoisotopic (exact) mass is 337 g/mol. The lowest BCUT2D eigenvalue weighted by atomic mass is 10.2. The lowest BCUT2D eigenvalue weighted by Crippen LogP contribution is -2.21. The van der Waals surface area contributed by atoms with E-state index < -0.39 is 0 Å². The van der Waals surface area contributed by atoms with Crippen molar-refractivity contribution in [1.29, 1.82) is 0 Å². The maximum atomic E-state index is 13.4. The second-order valence-electron chi connectivity index (χ2n) is 5.13. The summed E-state index contributed by atoms with van der Waals surface area (Å²) in [6.45, 7) is 3.77. The van der Waals surface area contributed by atoms with Crippen LogP contribution in [0.5, 0.6) is 0 Å². The first kappa shape index (κ1) is 13.6. The fourth-order valence-corrected chi connectivity index (χ4v) is 3.50. The van der Waals surface area contributed by atoms with Gasteiger partial charge in [-0.25, -0.2) is 4.39 Å². The van der Waals surface area contributed by atoms with E-state index in [2.05, 4.69) is 32.9 Å². The summed E-state index contributed by atoms with van der Waals surface area (Å²) in [6, 6.07) is 5.06. The van der Waals surface area contributed by atoms with Gasteiger partial charge in [0.2, 0.25) is 0 Å². The summed E-state index contributed by atoms with van der Waals surface area (Å²) in [6.07, 6.45) is 1.88. The molecule has 0 unspecified atom stereocenters. The fraction of sp³-hybridized carbons (Fsp3) is 0.400. The van der Waals surface area contributed by atoms with Gasteiger partial charge < -0.3 is 4.90 Å². The van der Waals surface area contributed by atoms with Gasteiger partial charge in [0.25, 0.3) is 0 Å². The summed E-state index contributed by atoms with van der Waals surface area (Å²) >= 11 is 3.64. The summed E-state index contributed by atoms with van der Waals surface area (Å²) in [5.74, 6) is -0.172. The van der Waals surface area contributed by atoms with E-state index in [0.717, 1.165) is 47.5 Å². The smallest absolute Gasteiger partial charge is 0.125 e. The first-order valence-corrected chi connectivity index (χ1v) is 7.63. The quantitative estimate of drug-likeness (QED) is 0.855. The van der Waals surface area contributed by atoms with Crippen molar-refractivity contribution in [3.05, 3.63) is 45.4 Å². The molecule has 0 radical (unpaired) electrons. The maximum absolute atomic E-state index is 13.4. The first-order valence-electron chi connectivity index (χ1n) is 6.83. The number of fused-ring (bicyclic) bond motifs is 1. The lowest BCUT2D eigenvalue weighted by molar-refractivity contribution is 0.626. The zero-order valence-electron chi connectivity index (χ0n) is 11.7. The van der Waals surface area contributed by atoms with Crippen LogP contribution in [0.4, 0.5) is 10.1 Å². The number of rotatable bonds is 3. The standard InChI is InChI=1S/C15H17BrFN3/c1-3-12-15(16)14(19(2)18-12)9-20-7-6-10-4-5-11(17)8-13(10)20/h4-5,8H,3,6-7,9H2,1-2H3. The minimum atomic E-state index is -0.172. The molecule has 0 N–H and O–H groups in total. The molecular formula is C15H17BrFN3. The van der Waals surface area contributed by atoms with Gasteiger partial charge in [-0.2, -0.15) is 5.10 Å². The van der Waals surface area contributed by atoms with E-state index in [-0.39, 0.29) is 5.82 Å². The van der Waals surface area contributed by atoms with Crippen LogP contribution in [0.1, 0.15) is 23.9 Å². The Morgan fingerprint density at radius 3 is 2.90 bits per heavy atom. The molecule has 106 valence electrons. The Labute approximate surface area is 126 Å². The van der Waals surface area contributed by atoms with Crippen LogP contribution in [0.15, 0.2) is 22.7 Å². The number of halogens is 2. The van der Waals surface area contributed by atoms with Crippen LogP contribution in [0.25, 0.3) is 0 Å². The number of anilines is 1. The molecule has 1 aromatic carbocycles. The van der Waals surface area contributed by atoms with E-state index in [1.807, 2.05) is 17.8 Å². The first-order chi connectivity index (χ1) is 9.60. The highest BCUT2D eigenvalue weighted by Crippen LogP contribution is 2.32.